The molecule has 1 aromatic heterocycles. The number of nitrogens with one attached hydrogen (secondary N) is 1. The van der Waals surface area contributed by atoms with Gasteiger partial charge in [-0.2, -0.15) is 4.98 Å². The van der Waals surface area contributed by atoms with Gasteiger partial charge in [0.15, 0.2) is 0 Å². The van der Waals surface area contributed by atoms with Gasteiger partial charge in [-0.3, -0.25) is 0 Å². The van der Waals surface area contributed by atoms with E-state index >= 15 is 0 Å². The number of sulfonamides is 1. The van der Waals surface area contributed by atoms with E-state index in [0.29, 0.717) is 17.1 Å². The maximum Gasteiger partial charge on any atom is 0.242 e. The zero-order valence-corrected chi connectivity index (χ0v) is 16.4. The molecule has 0 amide bonds. The zero-order chi connectivity index (χ0) is 19.6. The van der Waals surface area contributed by atoms with Gasteiger partial charge in [-0.1, -0.05) is 28.9 Å². The highest BCUT2D eigenvalue weighted by Crippen LogP contribution is 2.26. The number of aromatic nitrogens is 2. The fourth-order valence-electron chi connectivity index (χ4n) is 2.75. The van der Waals surface area contributed by atoms with Crippen LogP contribution in [0.25, 0.3) is 11.4 Å². The average Bonchev–Trinajstić information content (AvgIpc) is 3.11. The largest absolute Gasteiger partial charge is 0.496 e. The summed E-state index contributed by atoms with van der Waals surface area (Å²) in [5, 5.41) is 3.92. The Labute approximate surface area is 158 Å². The fraction of sp³-hybridized carbons (Fsp3) is 0.263. The summed E-state index contributed by atoms with van der Waals surface area (Å²) < 4.78 is 38.2. The molecule has 7 nitrogen and oxygen atoms in total. The molecule has 8 heteroatoms. The van der Waals surface area contributed by atoms with E-state index in [-0.39, 0.29) is 17.3 Å². The molecule has 0 aliphatic rings. The van der Waals surface area contributed by atoms with Crippen molar-refractivity contribution in [2.24, 2.45) is 0 Å². The van der Waals surface area contributed by atoms with Crippen molar-refractivity contribution in [1.82, 2.24) is 14.9 Å². The van der Waals surface area contributed by atoms with E-state index in [1.54, 1.807) is 20.1 Å². The molecular formula is C19H21N3O4S. The first-order valence-electron chi connectivity index (χ1n) is 8.35. The Morgan fingerprint density at radius 1 is 1.11 bits per heavy atom. The summed E-state index contributed by atoms with van der Waals surface area (Å²) in [6.07, 6.45) is 0. The zero-order valence-electron chi connectivity index (χ0n) is 15.6. The molecule has 0 saturated heterocycles. The Morgan fingerprint density at radius 3 is 2.59 bits per heavy atom. The van der Waals surface area contributed by atoms with Gasteiger partial charge in [0, 0.05) is 5.56 Å². The predicted octanol–water partition coefficient (Wildman–Crippen LogP) is 3.15. The van der Waals surface area contributed by atoms with Crippen molar-refractivity contribution < 1.29 is 17.7 Å². The molecular weight excluding hydrogens is 366 g/mol. The van der Waals surface area contributed by atoms with Gasteiger partial charge in [0.2, 0.25) is 21.7 Å². The van der Waals surface area contributed by atoms with Crippen molar-refractivity contribution in [2.75, 3.05) is 7.11 Å². The van der Waals surface area contributed by atoms with Crippen molar-refractivity contribution in [1.29, 1.82) is 0 Å². The average molecular weight is 387 g/mol. The van der Waals surface area contributed by atoms with Gasteiger partial charge < -0.3 is 9.26 Å². The second kappa shape index (κ2) is 7.50. The van der Waals surface area contributed by atoms with E-state index in [0.717, 1.165) is 16.7 Å². The molecule has 2 aromatic carbocycles. The van der Waals surface area contributed by atoms with Crippen molar-refractivity contribution in [3.63, 3.8) is 0 Å². The molecule has 0 saturated carbocycles. The van der Waals surface area contributed by atoms with E-state index < -0.39 is 10.0 Å². The van der Waals surface area contributed by atoms with Crippen LogP contribution >= 0.6 is 0 Å². The Morgan fingerprint density at radius 2 is 1.89 bits per heavy atom. The quantitative estimate of drug-likeness (QED) is 0.698. The van der Waals surface area contributed by atoms with Crippen molar-refractivity contribution in [3.05, 3.63) is 59.0 Å². The molecule has 1 N–H and O–H groups in total. The molecule has 27 heavy (non-hydrogen) atoms. The molecule has 0 atom stereocenters. The molecule has 0 unspecified atom stereocenters. The van der Waals surface area contributed by atoms with E-state index in [2.05, 4.69) is 14.9 Å². The number of nitrogens with zero attached hydrogens (tertiary/aromatic N) is 2. The standard InChI is InChI=1S/C19H21N3O4S/c1-12-6-5-7-15(10-12)19-21-18(26-22-19)11-20-27(23,24)17-9-8-16(25-4)13(2)14(17)3/h5-10,20H,11H2,1-4H3. The lowest BCUT2D eigenvalue weighted by atomic mass is 10.1. The van der Waals surface area contributed by atoms with Crippen LogP contribution in [0.3, 0.4) is 0 Å². The number of benzene rings is 2. The van der Waals surface area contributed by atoms with Crippen LogP contribution in [0.4, 0.5) is 0 Å². The number of rotatable bonds is 6. The van der Waals surface area contributed by atoms with Gasteiger partial charge in [0.1, 0.15) is 5.75 Å². The van der Waals surface area contributed by atoms with E-state index in [9.17, 15) is 8.42 Å². The smallest absolute Gasteiger partial charge is 0.242 e. The topological polar surface area (TPSA) is 94.3 Å². The first kappa shape index (κ1) is 19.1. The third-order valence-corrected chi connectivity index (χ3v) is 5.90. The number of methoxy groups -OCH3 is 1. The number of ether oxygens (including phenoxy) is 1. The van der Waals surface area contributed by atoms with E-state index in [4.69, 9.17) is 9.26 Å². The van der Waals surface area contributed by atoms with Gasteiger partial charge in [-0.15, -0.1) is 0 Å². The predicted molar refractivity (Wildman–Crippen MR) is 101 cm³/mol. The van der Waals surface area contributed by atoms with Gasteiger partial charge in [-0.25, -0.2) is 13.1 Å². The minimum Gasteiger partial charge on any atom is -0.496 e. The molecule has 142 valence electrons. The third-order valence-electron chi connectivity index (χ3n) is 4.35. The van der Waals surface area contributed by atoms with Crippen LogP contribution in [-0.4, -0.2) is 25.7 Å². The Hall–Kier alpha value is -2.71. The van der Waals surface area contributed by atoms with Gasteiger partial charge in [0.25, 0.3) is 0 Å². The van der Waals surface area contributed by atoms with Crippen LogP contribution in [0.1, 0.15) is 22.6 Å². The lowest BCUT2D eigenvalue weighted by molar-refractivity contribution is 0.376. The molecule has 0 bridgehead atoms. The number of hydrogen-bond acceptors (Lipinski definition) is 6. The second-order valence-corrected chi connectivity index (χ2v) is 7.96. The summed E-state index contributed by atoms with van der Waals surface area (Å²) in [5.41, 5.74) is 3.30. The lowest BCUT2D eigenvalue weighted by Gasteiger charge is -2.13. The minimum absolute atomic E-state index is 0.0916. The van der Waals surface area contributed by atoms with Crippen LogP contribution in [0.15, 0.2) is 45.8 Å². The maximum atomic E-state index is 12.7. The monoisotopic (exact) mass is 387 g/mol. The fourth-order valence-corrected chi connectivity index (χ4v) is 4.02. The van der Waals surface area contributed by atoms with E-state index in [1.807, 2.05) is 38.1 Å². The molecule has 3 rings (SSSR count). The van der Waals surface area contributed by atoms with Gasteiger partial charge >= 0.3 is 0 Å². The van der Waals surface area contributed by atoms with Crippen LogP contribution in [0.2, 0.25) is 0 Å². The maximum absolute atomic E-state index is 12.7. The molecule has 1 heterocycles. The Bertz CT molecular complexity index is 1070. The van der Waals surface area contributed by atoms with Crippen LogP contribution in [0.5, 0.6) is 5.75 Å². The van der Waals surface area contributed by atoms with Crippen molar-refractivity contribution >= 4 is 10.0 Å². The van der Waals surface area contributed by atoms with Gasteiger partial charge in [0.05, 0.1) is 18.6 Å². The van der Waals surface area contributed by atoms with E-state index in [1.165, 1.54) is 6.07 Å². The minimum atomic E-state index is -3.73. The SMILES string of the molecule is COc1ccc(S(=O)(=O)NCc2nc(-c3cccc(C)c3)no2)c(C)c1C. The molecule has 0 fully saturated rings. The summed E-state index contributed by atoms with van der Waals surface area (Å²) in [6, 6.07) is 10.8. The molecule has 3 aromatic rings. The first-order valence-corrected chi connectivity index (χ1v) is 9.83. The third kappa shape index (κ3) is 4.01. The highest BCUT2D eigenvalue weighted by atomic mass is 32.2. The molecule has 0 spiro atoms. The number of hydrogen-bond donors (Lipinski definition) is 1. The first-order chi connectivity index (χ1) is 12.8. The van der Waals surface area contributed by atoms with Crippen molar-refractivity contribution in [3.8, 4) is 17.1 Å². The van der Waals surface area contributed by atoms with Crippen LogP contribution < -0.4 is 9.46 Å². The lowest BCUT2D eigenvalue weighted by Crippen LogP contribution is -2.24. The van der Waals surface area contributed by atoms with Crippen molar-refractivity contribution in [2.45, 2.75) is 32.2 Å². The summed E-state index contributed by atoms with van der Waals surface area (Å²) in [6.45, 7) is 5.44. The molecule has 0 aliphatic carbocycles. The highest BCUT2D eigenvalue weighted by molar-refractivity contribution is 7.89. The summed E-state index contributed by atoms with van der Waals surface area (Å²) in [5.74, 6) is 1.26. The number of aryl methyl sites for hydroxylation is 1. The normalized spacial score (nSPS) is 11.6. The highest BCUT2D eigenvalue weighted by Gasteiger charge is 2.20. The molecule has 0 radical (unpaired) electrons. The van der Waals surface area contributed by atoms with Crippen LogP contribution in [0, 0.1) is 20.8 Å². The summed E-state index contributed by atoms with van der Waals surface area (Å²) >= 11 is 0. The Balaban J connectivity index is 1.78. The summed E-state index contributed by atoms with van der Waals surface area (Å²) in [4.78, 5) is 4.45. The van der Waals surface area contributed by atoms with Gasteiger partial charge in [-0.05, 0) is 50.1 Å². The Kier molecular flexibility index (Phi) is 5.29. The van der Waals surface area contributed by atoms with Crippen LogP contribution in [-0.2, 0) is 16.6 Å². The molecule has 0 aliphatic heterocycles. The second-order valence-electron chi connectivity index (χ2n) is 6.22. The summed E-state index contributed by atoms with van der Waals surface area (Å²) in [7, 11) is -2.18.